The zero-order valence-electron chi connectivity index (χ0n) is 12.4. The van der Waals surface area contributed by atoms with E-state index in [4.69, 9.17) is 4.74 Å². The van der Waals surface area contributed by atoms with E-state index in [-0.39, 0.29) is 0 Å². The third kappa shape index (κ3) is 3.30. The Kier molecular flexibility index (Phi) is 4.99. The average molecular weight is 273 g/mol. The summed E-state index contributed by atoms with van der Waals surface area (Å²) in [5, 5.41) is 15.8. The topological polar surface area (TPSA) is 41.5 Å². The van der Waals surface area contributed by atoms with E-state index in [2.05, 4.69) is 19.2 Å². The van der Waals surface area contributed by atoms with Crippen molar-refractivity contribution in [1.29, 1.82) is 0 Å². The fraction of sp³-hybridized carbons (Fsp3) is 0.412. The highest BCUT2D eigenvalue weighted by atomic mass is 16.5. The lowest BCUT2D eigenvalue weighted by atomic mass is 9.99. The van der Waals surface area contributed by atoms with Gasteiger partial charge in [0.2, 0.25) is 0 Å². The fourth-order valence-electron chi connectivity index (χ4n) is 2.38. The molecule has 0 fully saturated rings. The summed E-state index contributed by atoms with van der Waals surface area (Å²) in [5.41, 5.74) is 0.942. The highest BCUT2D eigenvalue weighted by Crippen LogP contribution is 2.31. The number of aliphatic hydroxyl groups is 1. The number of hydrogen-bond donors (Lipinski definition) is 2. The molecule has 0 amide bonds. The quantitative estimate of drug-likeness (QED) is 0.849. The number of aliphatic hydroxyl groups excluding tert-OH is 1. The maximum Gasteiger partial charge on any atom is 0.126 e. The lowest BCUT2D eigenvalue weighted by Gasteiger charge is -2.17. The summed E-state index contributed by atoms with van der Waals surface area (Å²) in [5.74, 6) is 1.42. The first-order valence-corrected chi connectivity index (χ1v) is 7.08. The smallest absolute Gasteiger partial charge is 0.126 e. The molecule has 0 saturated carbocycles. The van der Waals surface area contributed by atoms with Crippen molar-refractivity contribution in [3.05, 3.63) is 42.0 Å². The molecule has 0 heterocycles. The summed E-state index contributed by atoms with van der Waals surface area (Å²) in [6, 6.07) is 11.9. The molecule has 0 bridgehead atoms. The van der Waals surface area contributed by atoms with E-state index in [0.717, 1.165) is 28.6 Å². The van der Waals surface area contributed by atoms with E-state index in [1.807, 2.05) is 36.4 Å². The number of fused-ring (bicyclic) bond motifs is 1. The van der Waals surface area contributed by atoms with Gasteiger partial charge in [0.05, 0.1) is 13.2 Å². The van der Waals surface area contributed by atoms with Crippen LogP contribution in [0.15, 0.2) is 36.4 Å². The number of benzene rings is 2. The molecule has 0 spiro atoms. The molecule has 0 aliphatic carbocycles. The van der Waals surface area contributed by atoms with Crippen LogP contribution in [0, 0.1) is 5.92 Å². The Balaban J connectivity index is 2.26. The molecule has 2 aromatic carbocycles. The van der Waals surface area contributed by atoms with Gasteiger partial charge >= 0.3 is 0 Å². The molecule has 0 aromatic heterocycles. The van der Waals surface area contributed by atoms with Gasteiger partial charge in [-0.05, 0) is 29.5 Å². The van der Waals surface area contributed by atoms with Gasteiger partial charge in [0.1, 0.15) is 5.75 Å². The largest absolute Gasteiger partial charge is 0.496 e. The van der Waals surface area contributed by atoms with E-state index < -0.39 is 6.10 Å². The van der Waals surface area contributed by atoms with Crippen molar-refractivity contribution >= 4 is 10.8 Å². The van der Waals surface area contributed by atoms with E-state index in [1.54, 1.807) is 7.11 Å². The molecule has 108 valence electrons. The van der Waals surface area contributed by atoms with E-state index >= 15 is 0 Å². The molecule has 0 aliphatic heterocycles. The first-order chi connectivity index (χ1) is 9.63. The third-order valence-electron chi connectivity index (χ3n) is 3.39. The summed E-state index contributed by atoms with van der Waals surface area (Å²) in [6.45, 7) is 5.78. The average Bonchev–Trinajstić information content (AvgIpc) is 2.45. The van der Waals surface area contributed by atoms with Crippen LogP contribution >= 0.6 is 0 Å². The highest BCUT2D eigenvalue weighted by molar-refractivity contribution is 5.91. The van der Waals surface area contributed by atoms with E-state index in [0.29, 0.717) is 12.5 Å². The SMILES string of the molecule is COc1ccc(C(O)CNCC(C)C)c2ccccc12. The number of rotatable bonds is 6. The van der Waals surface area contributed by atoms with Crippen LogP contribution in [0.3, 0.4) is 0 Å². The standard InChI is InChI=1S/C17H23NO2/c1-12(2)10-18-11-16(19)14-8-9-17(20-3)15-7-5-4-6-13(14)15/h4-9,12,16,18-19H,10-11H2,1-3H3. The van der Waals surface area contributed by atoms with Gasteiger partial charge in [-0.15, -0.1) is 0 Å². The van der Waals surface area contributed by atoms with Crippen molar-refractivity contribution < 1.29 is 9.84 Å². The molecule has 2 aromatic rings. The summed E-state index contributed by atoms with van der Waals surface area (Å²) in [4.78, 5) is 0. The monoisotopic (exact) mass is 273 g/mol. The summed E-state index contributed by atoms with van der Waals surface area (Å²) < 4.78 is 5.38. The van der Waals surface area contributed by atoms with Gasteiger partial charge in [-0.1, -0.05) is 44.2 Å². The van der Waals surface area contributed by atoms with Crippen LogP contribution in [-0.2, 0) is 0 Å². The molecular weight excluding hydrogens is 250 g/mol. The highest BCUT2D eigenvalue weighted by Gasteiger charge is 2.13. The molecule has 0 saturated heterocycles. The van der Waals surface area contributed by atoms with Gasteiger partial charge in [0, 0.05) is 11.9 Å². The van der Waals surface area contributed by atoms with Gasteiger partial charge in [0.15, 0.2) is 0 Å². The molecule has 2 rings (SSSR count). The molecule has 1 unspecified atom stereocenters. The minimum Gasteiger partial charge on any atom is -0.496 e. The summed E-state index contributed by atoms with van der Waals surface area (Å²) >= 11 is 0. The van der Waals surface area contributed by atoms with Gasteiger partial charge in [-0.3, -0.25) is 0 Å². The maximum atomic E-state index is 10.4. The van der Waals surface area contributed by atoms with Gasteiger partial charge in [-0.25, -0.2) is 0 Å². The molecular formula is C17H23NO2. The zero-order valence-corrected chi connectivity index (χ0v) is 12.4. The summed E-state index contributed by atoms with van der Waals surface area (Å²) in [6.07, 6.45) is -0.510. The molecule has 0 radical (unpaired) electrons. The zero-order chi connectivity index (χ0) is 14.5. The summed E-state index contributed by atoms with van der Waals surface area (Å²) in [7, 11) is 1.67. The number of ether oxygens (including phenoxy) is 1. The maximum absolute atomic E-state index is 10.4. The first kappa shape index (κ1) is 14.8. The lowest BCUT2D eigenvalue weighted by molar-refractivity contribution is 0.175. The molecule has 2 N–H and O–H groups in total. The normalized spacial score (nSPS) is 12.8. The Morgan fingerprint density at radius 1 is 1.05 bits per heavy atom. The first-order valence-electron chi connectivity index (χ1n) is 7.08. The minimum absolute atomic E-state index is 0.510. The van der Waals surface area contributed by atoms with Crippen molar-refractivity contribution in [3.63, 3.8) is 0 Å². The Morgan fingerprint density at radius 3 is 2.40 bits per heavy atom. The molecule has 20 heavy (non-hydrogen) atoms. The van der Waals surface area contributed by atoms with Gasteiger partial charge in [0.25, 0.3) is 0 Å². The van der Waals surface area contributed by atoms with Gasteiger partial charge < -0.3 is 15.2 Å². The second-order valence-corrected chi connectivity index (χ2v) is 5.47. The second-order valence-electron chi connectivity index (χ2n) is 5.47. The third-order valence-corrected chi connectivity index (χ3v) is 3.39. The van der Waals surface area contributed by atoms with Crippen molar-refractivity contribution in [2.24, 2.45) is 5.92 Å². The van der Waals surface area contributed by atoms with Crippen molar-refractivity contribution in [2.75, 3.05) is 20.2 Å². The Bertz CT molecular complexity index is 566. The van der Waals surface area contributed by atoms with Gasteiger partial charge in [-0.2, -0.15) is 0 Å². The fourth-order valence-corrected chi connectivity index (χ4v) is 2.38. The molecule has 1 atom stereocenters. The van der Waals surface area contributed by atoms with Crippen LogP contribution in [0.2, 0.25) is 0 Å². The number of nitrogens with one attached hydrogen (secondary N) is 1. The molecule has 3 heteroatoms. The second kappa shape index (κ2) is 6.73. The Hall–Kier alpha value is -1.58. The van der Waals surface area contributed by atoms with Crippen LogP contribution in [0.4, 0.5) is 0 Å². The Labute approximate surface area is 120 Å². The minimum atomic E-state index is -0.510. The van der Waals surface area contributed by atoms with E-state index in [9.17, 15) is 5.11 Å². The van der Waals surface area contributed by atoms with Crippen LogP contribution < -0.4 is 10.1 Å². The molecule has 0 aliphatic rings. The van der Waals surface area contributed by atoms with Crippen molar-refractivity contribution in [3.8, 4) is 5.75 Å². The predicted molar refractivity (Wildman–Crippen MR) is 83.2 cm³/mol. The lowest BCUT2D eigenvalue weighted by Crippen LogP contribution is -2.25. The van der Waals surface area contributed by atoms with Crippen molar-refractivity contribution in [2.45, 2.75) is 20.0 Å². The van der Waals surface area contributed by atoms with Crippen LogP contribution in [0.25, 0.3) is 10.8 Å². The van der Waals surface area contributed by atoms with E-state index in [1.165, 1.54) is 0 Å². The number of methoxy groups -OCH3 is 1. The van der Waals surface area contributed by atoms with Crippen LogP contribution in [-0.4, -0.2) is 25.3 Å². The van der Waals surface area contributed by atoms with Crippen LogP contribution in [0.1, 0.15) is 25.5 Å². The van der Waals surface area contributed by atoms with Crippen LogP contribution in [0.5, 0.6) is 5.75 Å². The molecule has 3 nitrogen and oxygen atoms in total. The number of hydrogen-bond acceptors (Lipinski definition) is 3. The predicted octanol–water partition coefficient (Wildman–Crippen LogP) is 3.13. The van der Waals surface area contributed by atoms with Crippen molar-refractivity contribution in [1.82, 2.24) is 5.32 Å². The Morgan fingerprint density at radius 2 is 1.75 bits per heavy atom.